The number of methoxy groups -OCH3 is 1. The van der Waals surface area contributed by atoms with Crippen LogP contribution in [-0.4, -0.2) is 7.11 Å². The Balaban J connectivity index is 2.52. The van der Waals surface area contributed by atoms with Crippen LogP contribution >= 0.6 is 15.9 Å². The molecule has 0 saturated heterocycles. The van der Waals surface area contributed by atoms with E-state index in [-0.39, 0.29) is 11.9 Å². The van der Waals surface area contributed by atoms with Crippen molar-refractivity contribution in [1.29, 1.82) is 0 Å². The van der Waals surface area contributed by atoms with Crippen LogP contribution in [0.4, 0.5) is 4.39 Å². The van der Waals surface area contributed by atoms with Gasteiger partial charge in [0, 0.05) is 11.6 Å². The minimum absolute atomic E-state index is 0.359. The molecule has 0 aliphatic carbocycles. The summed E-state index contributed by atoms with van der Waals surface area (Å²) in [4.78, 5) is 0. The van der Waals surface area contributed by atoms with E-state index in [1.54, 1.807) is 6.07 Å². The first kappa shape index (κ1) is 15.0. The number of ether oxygens (including phenoxy) is 1. The highest BCUT2D eigenvalue weighted by Gasteiger charge is 2.18. The number of rotatable bonds is 3. The van der Waals surface area contributed by atoms with Gasteiger partial charge in [0.05, 0.1) is 17.6 Å². The molecule has 0 amide bonds. The second kappa shape index (κ2) is 5.94. The van der Waals surface area contributed by atoms with Gasteiger partial charge in [-0.15, -0.1) is 0 Å². The number of hydrogen-bond donors (Lipinski definition) is 1. The molecule has 0 spiro atoms. The molecule has 2 nitrogen and oxygen atoms in total. The fraction of sp³-hybridized carbons (Fsp3) is 0.250. The van der Waals surface area contributed by atoms with Gasteiger partial charge in [-0.2, -0.15) is 0 Å². The molecule has 20 heavy (non-hydrogen) atoms. The first-order chi connectivity index (χ1) is 9.43. The molecule has 0 aromatic heterocycles. The van der Waals surface area contributed by atoms with E-state index in [1.165, 1.54) is 18.7 Å². The van der Waals surface area contributed by atoms with Crippen LogP contribution in [0.3, 0.4) is 0 Å². The van der Waals surface area contributed by atoms with E-state index in [2.05, 4.69) is 22.0 Å². The summed E-state index contributed by atoms with van der Waals surface area (Å²) in [5.41, 5.74) is 10.4. The third-order valence-corrected chi connectivity index (χ3v) is 3.98. The molecule has 1 unspecified atom stereocenters. The standard InChI is InChI=1S/C16H17BrFNO/c1-9-4-5-11(10(2)6-9)16(19)12-7-13(17)14(18)8-15(12)20-3/h4-8,16H,19H2,1-3H3. The van der Waals surface area contributed by atoms with Crippen molar-refractivity contribution in [2.45, 2.75) is 19.9 Å². The van der Waals surface area contributed by atoms with Gasteiger partial charge in [0.1, 0.15) is 11.6 Å². The molecule has 0 radical (unpaired) electrons. The zero-order valence-electron chi connectivity index (χ0n) is 11.7. The van der Waals surface area contributed by atoms with Gasteiger partial charge in [-0.05, 0) is 47.0 Å². The van der Waals surface area contributed by atoms with E-state index < -0.39 is 0 Å². The summed E-state index contributed by atoms with van der Waals surface area (Å²) in [6.07, 6.45) is 0. The Kier molecular flexibility index (Phi) is 4.45. The molecule has 2 rings (SSSR count). The summed E-state index contributed by atoms with van der Waals surface area (Å²) in [6, 6.07) is 8.78. The maximum absolute atomic E-state index is 13.6. The average Bonchev–Trinajstić information content (AvgIpc) is 2.40. The Hall–Kier alpha value is -1.39. The Morgan fingerprint density at radius 3 is 2.45 bits per heavy atom. The van der Waals surface area contributed by atoms with Gasteiger partial charge in [-0.3, -0.25) is 0 Å². The van der Waals surface area contributed by atoms with E-state index >= 15 is 0 Å². The summed E-state index contributed by atoms with van der Waals surface area (Å²) in [5.74, 6) is 0.0941. The summed E-state index contributed by atoms with van der Waals surface area (Å²) in [6.45, 7) is 4.06. The van der Waals surface area contributed by atoms with Gasteiger partial charge in [0.25, 0.3) is 0 Å². The Morgan fingerprint density at radius 2 is 1.85 bits per heavy atom. The monoisotopic (exact) mass is 337 g/mol. The van der Waals surface area contributed by atoms with E-state index in [9.17, 15) is 4.39 Å². The summed E-state index contributed by atoms with van der Waals surface area (Å²) in [5, 5.41) is 0. The lowest BCUT2D eigenvalue weighted by atomic mass is 9.94. The van der Waals surface area contributed by atoms with Gasteiger partial charge < -0.3 is 10.5 Å². The molecule has 0 fully saturated rings. The van der Waals surface area contributed by atoms with Crippen molar-refractivity contribution < 1.29 is 9.13 Å². The normalized spacial score (nSPS) is 12.3. The first-order valence-electron chi connectivity index (χ1n) is 6.29. The molecular formula is C16H17BrFNO. The zero-order valence-corrected chi connectivity index (χ0v) is 13.3. The molecule has 0 heterocycles. The number of aryl methyl sites for hydroxylation is 2. The molecule has 106 valence electrons. The lowest BCUT2D eigenvalue weighted by molar-refractivity contribution is 0.404. The van der Waals surface area contributed by atoms with Gasteiger partial charge >= 0.3 is 0 Å². The quantitative estimate of drug-likeness (QED) is 0.907. The van der Waals surface area contributed by atoms with Gasteiger partial charge in [-0.25, -0.2) is 4.39 Å². The fourth-order valence-electron chi connectivity index (χ4n) is 2.31. The molecular weight excluding hydrogens is 321 g/mol. The summed E-state index contributed by atoms with van der Waals surface area (Å²) in [7, 11) is 1.51. The molecule has 1 atom stereocenters. The van der Waals surface area contributed by atoms with Crippen molar-refractivity contribution in [3.05, 3.63) is 62.9 Å². The van der Waals surface area contributed by atoms with Crippen LogP contribution in [-0.2, 0) is 0 Å². The predicted octanol–water partition coefficient (Wildman–Crippen LogP) is 4.26. The van der Waals surface area contributed by atoms with Crippen LogP contribution in [0.25, 0.3) is 0 Å². The van der Waals surface area contributed by atoms with Gasteiger partial charge in [-0.1, -0.05) is 23.8 Å². The second-order valence-corrected chi connectivity index (χ2v) is 5.70. The van der Waals surface area contributed by atoms with E-state index in [1.807, 2.05) is 26.0 Å². The van der Waals surface area contributed by atoms with E-state index in [0.29, 0.717) is 10.2 Å². The summed E-state index contributed by atoms with van der Waals surface area (Å²) >= 11 is 3.19. The van der Waals surface area contributed by atoms with Crippen molar-refractivity contribution in [1.82, 2.24) is 0 Å². The molecule has 0 bridgehead atoms. The molecule has 0 aliphatic heterocycles. The smallest absolute Gasteiger partial charge is 0.141 e. The minimum Gasteiger partial charge on any atom is -0.496 e. The van der Waals surface area contributed by atoms with Crippen molar-refractivity contribution in [2.24, 2.45) is 5.73 Å². The topological polar surface area (TPSA) is 35.2 Å². The molecule has 0 saturated carbocycles. The highest BCUT2D eigenvalue weighted by molar-refractivity contribution is 9.10. The van der Waals surface area contributed by atoms with Crippen molar-refractivity contribution in [3.8, 4) is 5.75 Å². The second-order valence-electron chi connectivity index (χ2n) is 4.85. The largest absolute Gasteiger partial charge is 0.496 e. The maximum Gasteiger partial charge on any atom is 0.141 e. The Labute approximate surface area is 126 Å². The van der Waals surface area contributed by atoms with Crippen molar-refractivity contribution >= 4 is 15.9 Å². The number of nitrogens with two attached hydrogens (primary N) is 1. The van der Waals surface area contributed by atoms with Gasteiger partial charge in [0.2, 0.25) is 0 Å². The molecule has 2 N–H and O–H groups in total. The lowest BCUT2D eigenvalue weighted by Gasteiger charge is -2.19. The number of hydrogen-bond acceptors (Lipinski definition) is 2. The third kappa shape index (κ3) is 2.86. The lowest BCUT2D eigenvalue weighted by Crippen LogP contribution is -2.15. The van der Waals surface area contributed by atoms with Crippen LogP contribution < -0.4 is 10.5 Å². The van der Waals surface area contributed by atoms with Crippen LogP contribution in [0, 0.1) is 19.7 Å². The minimum atomic E-state index is -0.363. The highest BCUT2D eigenvalue weighted by Crippen LogP contribution is 2.33. The van der Waals surface area contributed by atoms with Crippen LogP contribution in [0.1, 0.15) is 28.3 Å². The fourth-order valence-corrected chi connectivity index (χ4v) is 2.67. The first-order valence-corrected chi connectivity index (χ1v) is 7.09. The average molecular weight is 338 g/mol. The molecule has 2 aromatic rings. The van der Waals surface area contributed by atoms with Gasteiger partial charge in [0.15, 0.2) is 0 Å². The van der Waals surface area contributed by atoms with Crippen molar-refractivity contribution in [2.75, 3.05) is 7.11 Å². The Bertz CT molecular complexity index is 643. The summed E-state index contributed by atoms with van der Waals surface area (Å²) < 4.78 is 19.2. The van der Waals surface area contributed by atoms with E-state index in [4.69, 9.17) is 10.5 Å². The van der Waals surface area contributed by atoms with Crippen LogP contribution in [0.5, 0.6) is 5.75 Å². The molecule has 2 aromatic carbocycles. The zero-order chi connectivity index (χ0) is 14.9. The van der Waals surface area contributed by atoms with Crippen molar-refractivity contribution in [3.63, 3.8) is 0 Å². The third-order valence-electron chi connectivity index (χ3n) is 3.37. The van der Waals surface area contributed by atoms with Crippen LogP contribution in [0.2, 0.25) is 0 Å². The predicted molar refractivity (Wildman–Crippen MR) is 82.6 cm³/mol. The number of halogens is 2. The van der Waals surface area contributed by atoms with Crippen LogP contribution in [0.15, 0.2) is 34.8 Å². The Morgan fingerprint density at radius 1 is 1.15 bits per heavy atom. The van der Waals surface area contributed by atoms with E-state index in [0.717, 1.165) is 16.7 Å². The maximum atomic E-state index is 13.6. The molecule has 4 heteroatoms. The highest BCUT2D eigenvalue weighted by atomic mass is 79.9. The number of benzene rings is 2. The molecule has 0 aliphatic rings. The SMILES string of the molecule is COc1cc(F)c(Br)cc1C(N)c1ccc(C)cc1C.